The second kappa shape index (κ2) is 15.0. The van der Waals surface area contributed by atoms with Crippen LogP contribution < -0.4 is 0 Å². The van der Waals surface area contributed by atoms with Crippen molar-refractivity contribution in [3.05, 3.63) is 187 Å². The molecule has 0 saturated carbocycles. The molecule has 0 fully saturated rings. The third-order valence-electron chi connectivity index (χ3n) is 10.5. The Kier molecular flexibility index (Phi) is 9.29. The van der Waals surface area contributed by atoms with E-state index in [1.807, 2.05) is 49.5 Å². The van der Waals surface area contributed by atoms with Gasteiger partial charge in [0.2, 0.25) is 0 Å². The number of aryl methyl sites for hydroxylation is 2. The first-order valence-electron chi connectivity index (χ1n) is 19.1. The van der Waals surface area contributed by atoms with Crippen LogP contribution in [0.15, 0.2) is 175 Å². The molecule has 0 spiro atoms. The Balaban J connectivity index is 1.01. The van der Waals surface area contributed by atoms with Crippen LogP contribution in [-0.4, -0.2) is 30.8 Å². The highest BCUT2D eigenvalue weighted by atomic mass is 15.2. The third-order valence-corrected chi connectivity index (χ3v) is 10.5. The van der Waals surface area contributed by atoms with Gasteiger partial charge in [-0.2, -0.15) is 0 Å². The van der Waals surface area contributed by atoms with E-state index in [-0.39, 0.29) is 0 Å². The number of fused-ring (bicyclic) bond motifs is 1. The molecule has 0 bridgehead atoms. The maximum Gasteiger partial charge on any atom is 0.164 e. The van der Waals surface area contributed by atoms with Gasteiger partial charge in [-0.15, -0.1) is 0 Å². The monoisotopic (exact) mass is 736 g/mol. The zero-order chi connectivity index (χ0) is 38.9. The van der Waals surface area contributed by atoms with Crippen LogP contribution in [0.3, 0.4) is 0 Å². The number of imidazole rings is 2. The summed E-state index contributed by atoms with van der Waals surface area (Å²) in [6.45, 7) is 10.1. The van der Waals surface area contributed by atoms with Crippen molar-refractivity contribution in [2.24, 2.45) is 4.99 Å². The van der Waals surface area contributed by atoms with E-state index >= 15 is 0 Å². The average Bonchev–Trinajstić information content (AvgIpc) is 3.83. The Morgan fingerprint density at radius 3 is 1.61 bits per heavy atom. The average molecular weight is 737 g/mol. The van der Waals surface area contributed by atoms with Gasteiger partial charge in [0.1, 0.15) is 22.9 Å². The zero-order valence-corrected chi connectivity index (χ0v) is 32.1. The van der Waals surface area contributed by atoms with E-state index < -0.39 is 0 Å². The Morgan fingerprint density at radius 1 is 0.509 bits per heavy atom. The van der Waals surface area contributed by atoms with Gasteiger partial charge in [0.25, 0.3) is 0 Å². The number of rotatable bonds is 9. The molecule has 0 unspecified atom stereocenters. The normalized spacial score (nSPS) is 11.4. The summed E-state index contributed by atoms with van der Waals surface area (Å²) in [6, 6.07) is 55.4. The molecule has 0 aliphatic carbocycles. The molecule has 0 radical (unpaired) electrons. The fraction of sp³-hybridized carbons (Fsp3) is 0.0588. The molecule has 57 heavy (non-hydrogen) atoms. The summed E-state index contributed by atoms with van der Waals surface area (Å²) in [5.41, 5.74) is 15.8. The minimum atomic E-state index is 0.723. The lowest BCUT2D eigenvalue weighted by Crippen LogP contribution is -2.00. The Bertz CT molecular complexity index is 2950. The lowest BCUT2D eigenvalue weighted by Gasteiger charge is -2.14. The van der Waals surface area contributed by atoms with Crippen LogP contribution in [0.2, 0.25) is 0 Å². The van der Waals surface area contributed by atoms with Gasteiger partial charge >= 0.3 is 0 Å². The SMILES string of the molecule is C=Nc1c(/C=C\C)nc(-c2cccc(-c3cccc(-c4ccc(-c5ccc(-c6nc7cccnc7n6-c6ccccc6C)cc5)cc4)c3)c2)n1-c1ccccc1C. The summed E-state index contributed by atoms with van der Waals surface area (Å²) in [4.78, 5) is 19.2. The molecule has 9 aromatic rings. The maximum atomic E-state index is 5.08. The van der Waals surface area contributed by atoms with E-state index in [2.05, 4.69) is 168 Å². The van der Waals surface area contributed by atoms with Gasteiger partial charge in [-0.05, 0) is 114 Å². The molecule has 6 heteroatoms. The first kappa shape index (κ1) is 35.3. The molecule has 0 atom stereocenters. The molecule has 0 amide bonds. The quantitative estimate of drug-likeness (QED) is 0.139. The Morgan fingerprint density at radius 2 is 1.02 bits per heavy atom. The number of para-hydroxylation sites is 2. The largest absolute Gasteiger partial charge is 0.276 e. The summed E-state index contributed by atoms with van der Waals surface area (Å²) >= 11 is 0. The van der Waals surface area contributed by atoms with Crippen molar-refractivity contribution in [2.75, 3.05) is 0 Å². The van der Waals surface area contributed by atoms with E-state index in [9.17, 15) is 0 Å². The number of nitrogens with zero attached hydrogens (tertiary/aromatic N) is 6. The summed E-state index contributed by atoms with van der Waals surface area (Å²) in [5.74, 6) is 2.42. The molecule has 274 valence electrons. The predicted molar refractivity (Wildman–Crippen MR) is 237 cm³/mol. The van der Waals surface area contributed by atoms with Crippen molar-refractivity contribution in [2.45, 2.75) is 20.8 Å². The molecule has 0 aliphatic rings. The second-order valence-corrected chi connectivity index (χ2v) is 14.1. The number of pyridine rings is 1. The fourth-order valence-electron chi connectivity index (χ4n) is 7.62. The smallest absolute Gasteiger partial charge is 0.164 e. The lowest BCUT2D eigenvalue weighted by molar-refractivity contribution is 1.04. The van der Waals surface area contributed by atoms with Gasteiger partial charge in [-0.25, -0.2) is 19.9 Å². The summed E-state index contributed by atoms with van der Waals surface area (Å²) in [5, 5.41) is 0. The third kappa shape index (κ3) is 6.57. The van der Waals surface area contributed by atoms with Crippen LogP contribution in [0.5, 0.6) is 0 Å². The van der Waals surface area contributed by atoms with Gasteiger partial charge in [0.05, 0.1) is 11.4 Å². The van der Waals surface area contributed by atoms with Gasteiger partial charge in [-0.1, -0.05) is 127 Å². The van der Waals surface area contributed by atoms with Crippen molar-refractivity contribution in [1.82, 2.24) is 24.1 Å². The summed E-state index contributed by atoms with van der Waals surface area (Å²) in [7, 11) is 0. The Hall–Kier alpha value is -7.44. The molecule has 0 aliphatic heterocycles. The van der Waals surface area contributed by atoms with Crippen molar-refractivity contribution in [3.63, 3.8) is 0 Å². The summed E-state index contributed by atoms with van der Waals surface area (Å²) in [6.07, 6.45) is 5.79. The molecule has 6 aromatic carbocycles. The van der Waals surface area contributed by atoms with Crippen LogP contribution in [0.1, 0.15) is 23.7 Å². The number of aliphatic imine (C=N–C) groups is 1. The Labute approximate surface area is 332 Å². The number of hydrogen-bond acceptors (Lipinski definition) is 4. The van der Waals surface area contributed by atoms with E-state index in [0.29, 0.717) is 0 Å². The van der Waals surface area contributed by atoms with E-state index in [4.69, 9.17) is 15.0 Å². The van der Waals surface area contributed by atoms with Crippen molar-refractivity contribution >= 4 is 29.8 Å². The van der Waals surface area contributed by atoms with Crippen molar-refractivity contribution in [3.8, 4) is 67.5 Å². The highest BCUT2D eigenvalue weighted by Crippen LogP contribution is 2.37. The van der Waals surface area contributed by atoms with E-state index in [1.54, 1.807) is 0 Å². The number of benzene rings is 6. The van der Waals surface area contributed by atoms with Crippen LogP contribution in [0.4, 0.5) is 5.82 Å². The first-order chi connectivity index (χ1) is 28.0. The van der Waals surface area contributed by atoms with Gasteiger partial charge < -0.3 is 0 Å². The molecule has 3 heterocycles. The molecule has 6 nitrogen and oxygen atoms in total. The van der Waals surface area contributed by atoms with Crippen molar-refractivity contribution < 1.29 is 0 Å². The number of hydrogen-bond donors (Lipinski definition) is 0. The van der Waals surface area contributed by atoms with Gasteiger partial charge in [0.15, 0.2) is 11.5 Å². The minimum absolute atomic E-state index is 0.723. The maximum absolute atomic E-state index is 5.08. The molecule has 9 rings (SSSR count). The molecular formula is C51H40N6. The standard InChI is InChI=1S/C51H40N6/c1-5-13-44-50(52-4)56(46-21-8-6-14-34(46)2)49(54-44)43-19-11-18-42(33-43)41-17-10-16-40(32-41)38-25-23-36(24-26-38)37-27-29-39(30-28-37)48-55-45-20-12-31-53-51(45)57(48)47-22-9-7-15-35(47)3/h5-33H,4H2,1-3H3/b13-5-. The van der Waals surface area contributed by atoms with Crippen LogP contribution in [-0.2, 0) is 0 Å². The van der Waals surface area contributed by atoms with Crippen molar-refractivity contribution in [1.29, 1.82) is 0 Å². The highest BCUT2D eigenvalue weighted by molar-refractivity contribution is 5.82. The highest BCUT2D eigenvalue weighted by Gasteiger charge is 2.20. The number of allylic oxidation sites excluding steroid dienone is 1. The minimum Gasteiger partial charge on any atom is -0.276 e. The summed E-state index contributed by atoms with van der Waals surface area (Å²) < 4.78 is 4.28. The van der Waals surface area contributed by atoms with Crippen LogP contribution >= 0.6 is 0 Å². The van der Waals surface area contributed by atoms with Crippen LogP contribution in [0.25, 0.3) is 84.8 Å². The molecule has 0 saturated heterocycles. The first-order valence-corrected chi connectivity index (χ1v) is 19.1. The topological polar surface area (TPSA) is 60.9 Å². The molecule has 3 aromatic heterocycles. The zero-order valence-electron chi connectivity index (χ0n) is 32.1. The second-order valence-electron chi connectivity index (χ2n) is 14.1. The van der Waals surface area contributed by atoms with Gasteiger partial charge in [-0.3, -0.25) is 9.13 Å². The molecular weight excluding hydrogens is 697 g/mol. The van der Waals surface area contributed by atoms with E-state index in [0.717, 1.165) is 95.8 Å². The van der Waals surface area contributed by atoms with E-state index in [1.165, 1.54) is 5.56 Å². The van der Waals surface area contributed by atoms with Crippen LogP contribution in [0, 0.1) is 13.8 Å². The van der Waals surface area contributed by atoms with Gasteiger partial charge in [0, 0.05) is 17.3 Å². The predicted octanol–water partition coefficient (Wildman–Crippen LogP) is 12.9. The number of aromatic nitrogens is 5. The lowest BCUT2D eigenvalue weighted by atomic mass is 9.96. The fourth-order valence-corrected chi connectivity index (χ4v) is 7.62. The molecule has 0 N–H and O–H groups in total.